The van der Waals surface area contributed by atoms with E-state index in [0.29, 0.717) is 12.0 Å². The van der Waals surface area contributed by atoms with Gasteiger partial charge in [-0.25, -0.2) is 9.97 Å². The Kier molecular flexibility index (Phi) is 4.17. The lowest BCUT2D eigenvalue weighted by Gasteiger charge is -2.08. The third-order valence-electron chi connectivity index (χ3n) is 5.41. The van der Waals surface area contributed by atoms with Crippen molar-refractivity contribution < 1.29 is 4.74 Å². The zero-order valence-corrected chi connectivity index (χ0v) is 16.8. The molecule has 1 fully saturated rings. The Balaban J connectivity index is 1.30. The van der Waals surface area contributed by atoms with E-state index in [1.807, 2.05) is 35.4 Å². The molecule has 3 aromatic heterocycles. The Morgan fingerprint density at radius 2 is 2.03 bits per heavy atom. The van der Waals surface area contributed by atoms with Crippen molar-refractivity contribution in [1.82, 2.24) is 24.1 Å². The summed E-state index contributed by atoms with van der Waals surface area (Å²) in [7, 11) is 0. The van der Waals surface area contributed by atoms with Crippen molar-refractivity contribution in [1.29, 1.82) is 0 Å². The molecule has 8 heteroatoms. The lowest BCUT2D eigenvalue weighted by molar-refractivity contribution is 0.184. The molecule has 1 atom stereocenters. The fourth-order valence-electron chi connectivity index (χ4n) is 3.76. The van der Waals surface area contributed by atoms with Gasteiger partial charge in [0.1, 0.15) is 0 Å². The molecule has 1 unspecified atom stereocenters. The van der Waals surface area contributed by atoms with E-state index in [0.717, 1.165) is 57.4 Å². The van der Waals surface area contributed by atoms with Crippen LogP contribution in [-0.2, 0) is 4.74 Å². The molecule has 0 aliphatic carbocycles. The van der Waals surface area contributed by atoms with E-state index in [-0.39, 0.29) is 0 Å². The fraction of sp³-hybridized carbons (Fsp3) is 0.182. The van der Waals surface area contributed by atoms with Crippen molar-refractivity contribution in [3.8, 4) is 11.1 Å². The highest BCUT2D eigenvalue weighted by Gasteiger charge is 2.18. The van der Waals surface area contributed by atoms with E-state index >= 15 is 0 Å². The summed E-state index contributed by atoms with van der Waals surface area (Å²) in [6.45, 7) is 1.53. The second-order valence-corrected chi connectivity index (χ2v) is 8.23. The summed E-state index contributed by atoms with van der Waals surface area (Å²) in [5.74, 6) is 0.570. The monoisotopic (exact) mass is 414 g/mol. The smallest absolute Gasteiger partial charge is 0.227 e. The van der Waals surface area contributed by atoms with Gasteiger partial charge in [-0.05, 0) is 47.8 Å². The number of nitrogens with one attached hydrogen (secondary N) is 1. The highest BCUT2D eigenvalue weighted by molar-refractivity contribution is 7.13. The third-order valence-corrected chi connectivity index (χ3v) is 6.19. The van der Waals surface area contributed by atoms with E-state index in [1.54, 1.807) is 0 Å². The molecule has 4 heterocycles. The Bertz CT molecular complexity index is 1350. The van der Waals surface area contributed by atoms with Gasteiger partial charge in [-0.3, -0.25) is 4.68 Å². The maximum absolute atomic E-state index is 5.48. The van der Waals surface area contributed by atoms with Crippen LogP contribution in [0.1, 0.15) is 12.5 Å². The van der Waals surface area contributed by atoms with Crippen LogP contribution >= 0.6 is 11.5 Å². The molecule has 5 aromatic rings. The van der Waals surface area contributed by atoms with Crippen LogP contribution in [0.2, 0.25) is 0 Å². The molecule has 0 spiro atoms. The summed E-state index contributed by atoms with van der Waals surface area (Å²) in [5, 5.41) is 9.95. The van der Waals surface area contributed by atoms with Crippen LogP contribution in [0, 0.1) is 0 Å². The first kappa shape index (κ1) is 17.5. The van der Waals surface area contributed by atoms with Crippen LogP contribution in [0.15, 0.2) is 61.2 Å². The van der Waals surface area contributed by atoms with Gasteiger partial charge >= 0.3 is 0 Å². The van der Waals surface area contributed by atoms with Crippen molar-refractivity contribution in [2.45, 2.75) is 12.5 Å². The van der Waals surface area contributed by atoms with Gasteiger partial charge in [0.2, 0.25) is 5.95 Å². The molecule has 0 saturated carbocycles. The van der Waals surface area contributed by atoms with Gasteiger partial charge in [-0.15, -0.1) is 0 Å². The highest BCUT2D eigenvalue weighted by Crippen LogP contribution is 2.27. The molecule has 1 aliphatic heterocycles. The molecule has 1 N–H and O–H groups in total. The standard InChI is InChI=1S/C22H18N6OS/c1-2-15-9-23-22(26-18-3-4-21-16(7-18)11-25-30-21)27-20(15)8-14(1)17-10-24-28(12-17)19-5-6-29-13-19/h1-4,7-12,19H,5-6,13H2,(H,23,26,27). The summed E-state index contributed by atoms with van der Waals surface area (Å²) >= 11 is 1.49. The first-order valence-corrected chi connectivity index (χ1v) is 10.6. The lowest BCUT2D eigenvalue weighted by atomic mass is 10.1. The van der Waals surface area contributed by atoms with Gasteiger partial charge in [0, 0.05) is 47.2 Å². The summed E-state index contributed by atoms with van der Waals surface area (Å²) in [6, 6.07) is 12.7. The fourth-order valence-corrected chi connectivity index (χ4v) is 4.39. The predicted molar refractivity (Wildman–Crippen MR) is 118 cm³/mol. The summed E-state index contributed by atoms with van der Waals surface area (Å²) in [6.07, 6.45) is 8.72. The van der Waals surface area contributed by atoms with Crippen LogP contribution in [0.5, 0.6) is 0 Å². The molecule has 0 bridgehead atoms. The number of anilines is 2. The third kappa shape index (κ3) is 3.20. The minimum absolute atomic E-state index is 0.327. The average molecular weight is 414 g/mol. The second kappa shape index (κ2) is 7.16. The Hall–Kier alpha value is -3.36. The molecule has 1 saturated heterocycles. The van der Waals surface area contributed by atoms with Crippen molar-refractivity contribution in [2.24, 2.45) is 0 Å². The van der Waals surface area contributed by atoms with Gasteiger partial charge in [-0.2, -0.15) is 9.47 Å². The topological polar surface area (TPSA) is 77.8 Å². The number of rotatable bonds is 4. The normalized spacial score (nSPS) is 16.5. The number of benzene rings is 2. The lowest BCUT2D eigenvalue weighted by Crippen LogP contribution is -2.08. The number of aromatic nitrogens is 5. The number of hydrogen-bond acceptors (Lipinski definition) is 7. The predicted octanol–water partition coefficient (Wildman–Crippen LogP) is 4.81. The average Bonchev–Trinajstić information content (AvgIpc) is 3.54. The molecule has 0 radical (unpaired) electrons. The molecule has 7 nitrogen and oxygen atoms in total. The van der Waals surface area contributed by atoms with Gasteiger partial charge in [-0.1, -0.05) is 12.1 Å². The van der Waals surface area contributed by atoms with Crippen molar-refractivity contribution in [3.05, 3.63) is 61.2 Å². The zero-order valence-electron chi connectivity index (χ0n) is 16.0. The summed E-state index contributed by atoms with van der Waals surface area (Å²) < 4.78 is 12.9. The van der Waals surface area contributed by atoms with E-state index < -0.39 is 0 Å². The molecule has 0 amide bonds. The van der Waals surface area contributed by atoms with Crippen molar-refractivity contribution in [3.63, 3.8) is 0 Å². The van der Waals surface area contributed by atoms with E-state index in [1.165, 1.54) is 11.5 Å². The second-order valence-electron chi connectivity index (χ2n) is 7.40. The Morgan fingerprint density at radius 1 is 1.03 bits per heavy atom. The van der Waals surface area contributed by atoms with Crippen LogP contribution in [0.25, 0.3) is 32.1 Å². The van der Waals surface area contributed by atoms with Gasteiger partial charge in [0.05, 0.1) is 29.1 Å². The SMILES string of the molecule is c1cc2sncc2cc1Nc1ncc2ccc(-c3cnn(C4CCOC4)c3)cc2n1. The van der Waals surface area contributed by atoms with Crippen LogP contribution in [0.4, 0.5) is 11.6 Å². The highest BCUT2D eigenvalue weighted by atomic mass is 32.1. The molecule has 1 aliphatic rings. The Morgan fingerprint density at radius 3 is 2.97 bits per heavy atom. The Labute approximate surface area is 176 Å². The summed E-state index contributed by atoms with van der Waals surface area (Å²) in [4.78, 5) is 9.19. The number of ether oxygens (including phenoxy) is 1. The number of fused-ring (bicyclic) bond motifs is 2. The first-order chi connectivity index (χ1) is 14.8. The van der Waals surface area contributed by atoms with Gasteiger partial charge in [0.15, 0.2) is 0 Å². The van der Waals surface area contributed by atoms with Crippen molar-refractivity contribution in [2.75, 3.05) is 18.5 Å². The van der Waals surface area contributed by atoms with Crippen LogP contribution < -0.4 is 5.32 Å². The molecule has 148 valence electrons. The molecular formula is C22H18N6OS. The quantitative estimate of drug-likeness (QED) is 0.455. The van der Waals surface area contributed by atoms with Gasteiger partial charge in [0.25, 0.3) is 0 Å². The van der Waals surface area contributed by atoms with E-state index in [9.17, 15) is 0 Å². The van der Waals surface area contributed by atoms with Crippen molar-refractivity contribution >= 4 is 44.2 Å². The summed E-state index contributed by atoms with van der Waals surface area (Å²) in [5.41, 5.74) is 3.99. The molecule has 2 aromatic carbocycles. The van der Waals surface area contributed by atoms with Gasteiger partial charge < -0.3 is 10.1 Å². The molecular weight excluding hydrogens is 396 g/mol. The molecule has 30 heavy (non-hydrogen) atoms. The maximum atomic E-state index is 5.48. The minimum Gasteiger partial charge on any atom is -0.379 e. The van der Waals surface area contributed by atoms with E-state index in [2.05, 4.69) is 50.2 Å². The minimum atomic E-state index is 0.327. The number of hydrogen-bond donors (Lipinski definition) is 1. The van der Waals surface area contributed by atoms with E-state index in [4.69, 9.17) is 9.72 Å². The maximum Gasteiger partial charge on any atom is 0.227 e. The largest absolute Gasteiger partial charge is 0.379 e. The van der Waals surface area contributed by atoms with Crippen LogP contribution in [-0.4, -0.2) is 37.3 Å². The first-order valence-electron chi connectivity index (χ1n) is 9.82. The molecule has 6 rings (SSSR count). The van der Waals surface area contributed by atoms with Crippen LogP contribution in [0.3, 0.4) is 0 Å². The zero-order chi connectivity index (χ0) is 19.9. The number of nitrogens with zero attached hydrogens (tertiary/aromatic N) is 5.